The summed E-state index contributed by atoms with van der Waals surface area (Å²) in [5.74, 6) is 0. The van der Waals surface area contributed by atoms with E-state index < -0.39 is 10.2 Å². The average molecular weight is 305 g/mol. The van der Waals surface area contributed by atoms with Crippen molar-refractivity contribution in [3.05, 3.63) is 0 Å². The van der Waals surface area contributed by atoms with Gasteiger partial charge in [0.05, 0.1) is 12.1 Å². The summed E-state index contributed by atoms with van der Waals surface area (Å²) in [6.07, 6.45) is 1.74. The first-order valence-electron chi connectivity index (χ1n) is 7.22. The van der Waals surface area contributed by atoms with Gasteiger partial charge in [-0.05, 0) is 25.3 Å². The summed E-state index contributed by atoms with van der Waals surface area (Å²) in [7, 11) is 0.203. The van der Waals surface area contributed by atoms with Gasteiger partial charge in [0.2, 0.25) is 0 Å². The molecule has 0 bridgehead atoms. The summed E-state index contributed by atoms with van der Waals surface area (Å²) in [5, 5.41) is 0. The summed E-state index contributed by atoms with van der Waals surface area (Å²) in [4.78, 5) is 2.08. The summed E-state index contributed by atoms with van der Waals surface area (Å²) >= 11 is 0. The Hall–Kier alpha value is -0.210. The van der Waals surface area contributed by atoms with Crippen molar-refractivity contribution in [2.75, 3.05) is 40.3 Å². The van der Waals surface area contributed by atoms with Gasteiger partial charge in [-0.25, -0.2) is 0 Å². The zero-order valence-electron chi connectivity index (χ0n) is 12.9. The number of piperidine rings is 1. The fourth-order valence-electron chi connectivity index (χ4n) is 2.91. The molecule has 2 heterocycles. The monoisotopic (exact) mass is 305 g/mol. The SMILES string of the molecule is CO[C@H]1CN(C)C[C@@H]1NS(=O)(=O)N1CCC(C)(C)CC1. The second-order valence-corrected chi connectivity index (χ2v) is 8.49. The van der Waals surface area contributed by atoms with Crippen LogP contribution in [0, 0.1) is 5.41 Å². The first kappa shape index (κ1) is 16.2. The number of hydrogen-bond donors (Lipinski definition) is 1. The molecular weight excluding hydrogens is 278 g/mol. The lowest BCUT2D eigenvalue weighted by Gasteiger charge is -2.36. The predicted octanol–water partition coefficient (Wildman–Crippen LogP) is 0.272. The van der Waals surface area contributed by atoms with Crippen molar-refractivity contribution in [1.82, 2.24) is 13.9 Å². The van der Waals surface area contributed by atoms with E-state index >= 15 is 0 Å². The molecule has 2 saturated heterocycles. The lowest BCUT2D eigenvalue weighted by Crippen LogP contribution is -2.52. The maximum absolute atomic E-state index is 12.5. The van der Waals surface area contributed by atoms with Crippen LogP contribution in [-0.4, -0.2) is 70.1 Å². The zero-order valence-corrected chi connectivity index (χ0v) is 13.7. The highest BCUT2D eigenvalue weighted by Crippen LogP contribution is 2.30. The van der Waals surface area contributed by atoms with Gasteiger partial charge < -0.3 is 9.64 Å². The van der Waals surface area contributed by atoms with E-state index in [-0.39, 0.29) is 17.6 Å². The molecule has 1 N–H and O–H groups in total. The molecule has 0 radical (unpaired) electrons. The molecule has 6 nitrogen and oxygen atoms in total. The van der Waals surface area contributed by atoms with Gasteiger partial charge in [-0.15, -0.1) is 0 Å². The Morgan fingerprint density at radius 1 is 1.20 bits per heavy atom. The molecule has 7 heteroatoms. The summed E-state index contributed by atoms with van der Waals surface area (Å²) in [5.41, 5.74) is 0.245. The van der Waals surface area contributed by atoms with Gasteiger partial charge >= 0.3 is 0 Å². The Balaban J connectivity index is 1.98. The van der Waals surface area contributed by atoms with Gasteiger partial charge in [0.1, 0.15) is 0 Å². The number of methoxy groups -OCH3 is 1. The third-order valence-corrected chi connectivity index (χ3v) is 6.11. The number of ether oxygens (including phenoxy) is 1. The van der Waals surface area contributed by atoms with E-state index in [1.54, 1.807) is 11.4 Å². The number of nitrogens with zero attached hydrogens (tertiary/aromatic N) is 2. The van der Waals surface area contributed by atoms with Crippen molar-refractivity contribution in [2.24, 2.45) is 5.41 Å². The molecule has 2 aliphatic rings. The molecular formula is C13H27N3O3S. The normalized spacial score (nSPS) is 32.6. The summed E-state index contributed by atoms with van der Waals surface area (Å²) < 4.78 is 34.7. The molecule has 0 aromatic carbocycles. The number of hydrogen-bond acceptors (Lipinski definition) is 4. The standard InChI is InChI=1S/C13H27N3O3S/c1-13(2)5-7-16(8-6-13)20(17,18)14-11-9-15(3)10-12(11)19-4/h11-12,14H,5-10H2,1-4H3/t11-,12-/m0/s1. The minimum Gasteiger partial charge on any atom is -0.378 e. The first-order valence-corrected chi connectivity index (χ1v) is 8.66. The zero-order chi connectivity index (χ0) is 15.0. The molecule has 0 amide bonds. The quantitative estimate of drug-likeness (QED) is 0.810. The number of nitrogens with one attached hydrogen (secondary N) is 1. The molecule has 0 aliphatic carbocycles. The van der Waals surface area contributed by atoms with Crippen LogP contribution < -0.4 is 4.72 Å². The van der Waals surface area contributed by atoms with Gasteiger partial charge in [0.15, 0.2) is 0 Å². The average Bonchev–Trinajstić information content (AvgIpc) is 2.68. The van der Waals surface area contributed by atoms with E-state index in [1.165, 1.54) is 0 Å². The van der Waals surface area contributed by atoms with Crippen LogP contribution in [0.3, 0.4) is 0 Å². The maximum Gasteiger partial charge on any atom is 0.279 e. The molecule has 2 atom stereocenters. The largest absolute Gasteiger partial charge is 0.378 e. The lowest BCUT2D eigenvalue weighted by atomic mass is 9.83. The Morgan fingerprint density at radius 2 is 1.80 bits per heavy atom. The van der Waals surface area contributed by atoms with Crippen LogP contribution in [0.25, 0.3) is 0 Å². The van der Waals surface area contributed by atoms with Gasteiger partial charge in [0.25, 0.3) is 10.2 Å². The van der Waals surface area contributed by atoms with Crippen LogP contribution in [0.5, 0.6) is 0 Å². The molecule has 0 saturated carbocycles. The smallest absolute Gasteiger partial charge is 0.279 e. The van der Waals surface area contributed by atoms with Crippen molar-refractivity contribution < 1.29 is 13.2 Å². The van der Waals surface area contributed by atoms with Crippen LogP contribution in [-0.2, 0) is 14.9 Å². The Morgan fingerprint density at radius 3 is 2.35 bits per heavy atom. The highest BCUT2D eigenvalue weighted by Gasteiger charge is 2.37. The fourth-order valence-corrected chi connectivity index (χ4v) is 4.33. The van der Waals surface area contributed by atoms with Crippen LogP contribution >= 0.6 is 0 Å². The topological polar surface area (TPSA) is 61.9 Å². The molecule has 2 aliphatic heterocycles. The maximum atomic E-state index is 12.5. The summed E-state index contributed by atoms with van der Waals surface area (Å²) in [6.45, 7) is 7.04. The van der Waals surface area contributed by atoms with Gasteiger partial charge in [-0.2, -0.15) is 17.4 Å². The van der Waals surface area contributed by atoms with E-state index in [2.05, 4.69) is 23.5 Å². The van der Waals surface area contributed by atoms with Gasteiger partial charge in [-0.3, -0.25) is 0 Å². The second-order valence-electron chi connectivity index (χ2n) is 6.79. The highest BCUT2D eigenvalue weighted by molar-refractivity contribution is 7.87. The third-order valence-electron chi connectivity index (χ3n) is 4.47. The fraction of sp³-hybridized carbons (Fsp3) is 1.00. The van der Waals surface area contributed by atoms with E-state index in [1.807, 2.05) is 7.05 Å². The van der Waals surface area contributed by atoms with Crippen molar-refractivity contribution in [2.45, 2.75) is 38.8 Å². The lowest BCUT2D eigenvalue weighted by molar-refractivity contribution is 0.0960. The number of likely N-dealkylation sites (N-methyl/N-ethyl adjacent to an activating group) is 1. The molecule has 118 valence electrons. The highest BCUT2D eigenvalue weighted by atomic mass is 32.2. The van der Waals surface area contributed by atoms with Crippen molar-refractivity contribution >= 4 is 10.2 Å². The van der Waals surface area contributed by atoms with Crippen molar-refractivity contribution in [3.8, 4) is 0 Å². The predicted molar refractivity (Wildman–Crippen MR) is 78.7 cm³/mol. The van der Waals surface area contributed by atoms with E-state index in [0.29, 0.717) is 19.6 Å². The minimum atomic E-state index is -3.41. The van der Waals surface area contributed by atoms with Crippen LogP contribution in [0.15, 0.2) is 0 Å². The second kappa shape index (κ2) is 5.88. The minimum absolute atomic E-state index is 0.0731. The van der Waals surface area contributed by atoms with E-state index in [4.69, 9.17) is 4.74 Å². The van der Waals surface area contributed by atoms with Crippen LogP contribution in [0.1, 0.15) is 26.7 Å². The molecule has 20 heavy (non-hydrogen) atoms. The van der Waals surface area contributed by atoms with E-state index in [9.17, 15) is 8.42 Å². The van der Waals surface area contributed by atoms with Gasteiger partial charge in [0, 0.05) is 33.3 Å². The Labute approximate surface area is 122 Å². The first-order chi connectivity index (χ1) is 9.23. The molecule has 2 rings (SSSR count). The van der Waals surface area contributed by atoms with E-state index in [0.717, 1.165) is 19.4 Å². The molecule has 0 unspecified atom stereocenters. The number of likely N-dealkylation sites (tertiary alicyclic amines) is 1. The summed E-state index contributed by atoms with van der Waals surface area (Å²) in [6, 6.07) is -0.162. The third kappa shape index (κ3) is 3.71. The Kier molecular flexibility index (Phi) is 4.76. The van der Waals surface area contributed by atoms with Crippen molar-refractivity contribution in [3.63, 3.8) is 0 Å². The number of rotatable bonds is 4. The molecule has 0 aromatic rings. The van der Waals surface area contributed by atoms with Gasteiger partial charge in [-0.1, -0.05) is 13.8 Å². The molecule has 0 spiro atoms. The molecule has 2 fully saturated rings. The molecule has 0 aromatic heterocycles. The van der Waals surface area contributed by atoms with Crippen LogP contribution in [0.2, 0.25) is 0 Å². The Bertz CT molecular complexity index is 428. The van der Waals surface area contributed by atoms with Crippen LogP contribution in [0.4, 0.5) is 0 Å². The van der Waals surface area contributed by atoms with Crippen molar-refractivity contribution in [1.29, 1.82) is 0 Å².